The third kappa shape index (κ3) is 2.55. The van der Waals surface area contributed by atoms with Crippen LogP contribution in [0.15, 0.2) is 56.4 Å². The van der Waals surface area contributed by atoms with Crippen molar-refractivity contribution in [1.82, 2.24) is 0 Å². The number of rotatable bonds is 1. The number of benzodiazepines with no additional fused rings is 1. The van der Waals surface area contributed by atoms with Gasteiger partial charge in [0.1, 0.15) is 6.54 Å². The van der Waals surface area contributed by atoms with Gasteiger partial charge in [-0.3, -0.25) is 9.79 Å². The van der Waals surface area contributed by atoms with Crippen LogP contribution < -0.4 is 5.32 Å². The van der Waals surface area contributed by atoms with Crippen molar-refractivity contribution < 1.29 is 4.79 Å². The SMILES string of the molecule is O=C1CN=C(c2ccccc2)c2cc(Br)cc(Br)c2N1. The number of carbonyl (C=O) groups excluding carboxylic acids is 1. The number of halogens is 2. The molecule has 3 rings (SSSR count). The lowest BCUT2D eigenvalue weighted by molar-refractivity contribution is -0.114. The maximum atomic E-state index is 11.8. The molecule has 0 spiro atoms. The van der Waals surface area contributed by atoms with Crippen LogP contribution in [0.5, 0.6) is 0 Å². The topological polar surface area (TPSA) is 41.5 Å². The summed E-state index contributed by atoms with van der Waals surface area (Å²) in [5.41, 5.74) is 3.48. The van der Waals surface area contributed by atoms with Crippen molar-refractivity contribution in [2.45, 2.75) is 0 Å². The van der Waals surface area contributed by atoms with Gasteiger partial charge in [0, 0.05) is 20.1 Å². The number of hydrogen-bond donors (Lipinski definition) is 1. The van der Waals surface area contributed by atoms with Crippen LogP contribution in [0.4, 0.5) is 5.69 Å². The summed E-state index contributed by atoms with van der Waals surface area (Å²) in [7, 11) is 0. The Morgan fingerprint density at radius 1 is 1.10 bits per heavy atom. The molecule has 1 amide bonds. The molecule has 100 valence electrons. The third-order valence-corrected chi connectivity index (χ3v) is 4.09. The van der Waals surface area contributed by atoms with Crippen molar-refractivity contribution in [2.24, 2.45) is 4.99 Å². The quantitative estimate of drug-likeness (QED) is 0.781. The van der Waals surface area contributed by atoms with Crippen molar-refractivity contribution in [3.05, 3.63) is 62.5 Å². The molecule has 0 unspecified atom stereocenters. The molecule has 0 aliphatic carbocycles. The first kappa shape index (κ1) is 13.5. The van der Waals surface area contributed by atoms with Crippen LogP contribution in [-0.2, 0) is 4.79 Å². The highest BCUT2D eigenvalue weighted by atomic mass is 79.9. The number of aliphatic imine (C=N–C) groups is 1. The summed E-state index contributed by atoms with van der Waals surface area (Å²) in [6.45, 7) is 0.128. The molecule has 1 aliphatic heterocycles. The standard InChI is InChI=1S/C15H10Br2N2O/c16-10-6-11-14(9-4-2-1-3-5-9)18-8-13(20)19-15(11)12(17)7-10/h1-7H,8H2,(H,19,20). The van der Waals surface area contributed by atoms with Gasteiger partial charge in [-0.1, -0.05) is 46.3 Å². The second kappa shape index (κ2) is 5.50. The molecule has 0 fully saturated rings. The van der Waals surface area contributed by atoms with Crippen LogP contribution >= 0.6 is 31.9 Å². The van der Waals surface area contributed by atoms with Gasteiger partial charge in [0.05, 0.1) is 11.4 Å². The minimum absolute atomic E-state index is 0.111. The van der Waals surface area contributed by atoms with Gasteiger partial charge in [-0.25, -0.2) is 0 Å². The van der Waals surface area contributed by atoms with Crippen LogP contribution in [0.25, 0.3) is 0 Å². The van der Waals surface area contributed by atoms with Crippen molar-refractivity contribution in [3.63, 3.8) is 0 Å². The molecule has 3 nitrogen and oxygen atoms in total. The highest BCUT2D eigenvalue weighted by molar-refractivity contribution is 9.11. The molecule has 1 heterocycles. The van der Waals surface area contributed by atoms with Gasteiger partial charge >= 0.3 is 0 Å². The lowest BCUT2D eigenvalue weighted by atomic mass is 10.0. The van der Waals surface area contributed by atoms with E-state index in [0.717, 1.165) is 31.5 Å². The molecule has 2 aromatic rings. The molecule has 20 heavy (non-hydrogen) atoms. The van der Waals surface area contributed by atoms with Gasteiger partial charge in [-0.15, -0.1) is 0 Å². The van der Waals surface area contributed by atoms with Crippen molar-refractivity contribution in [2.75, 3.05) is 11.9 Å². The second-order valence-electron chi connectivity index (χ2n) is 4.39. The van der Waals surface area contributed by atoms with E-state index in [9.17, 15) is 4.79 Å². The molecular weight excluding hydrogens is 384 g/mol. The molecule has 0 saturated carbocycles. The Morgan fingerprint density at radius 2 is 1.85 bits per heavy atom. The zero-order chi connectivity index (χ0) is 14.1. The molecule has 0 aromatic heterocycles. The molecule has 0 atom stereocenters. The zero-order valence-corrected chi connectivity index (χ0v) is 13.5. The first-order chi connectivity index (χ1) is 9.65. The Morgan fingerprint density at radius 3 is 2.60 bits per heavy atom. The fourth-order valence-electron chi connectivity index (χ4n) is 2.15. The lowest BCUT2D eigenvalue weighted by Crippen LogP contribution is -2.13. The van der Waals surface area contributed by atoms with Gasteiger partial charge < -0.3 is 5.32 Å². The number of nitrogens with one attached hydrogen (secondary N) is 1. The van der Waals surface area contributed by atoms with E-state index < -0.39 is 0 Å². The molecule has 1 aliphatic rings. The van der Waals surface area contributed by atoms with E-state index in [1.807, 2.05) is 42.5 Å². The Labute approximate surface area is 133 Å². The average molecular weight is 394 g/mol. The number of benzene rings is 2. The normalized spacial score (nSPS) is 14.1. The van der Waals surface area contributed by atoms with Gasteiger partial charge in [0.25, 0.3) is 0 Å². The largest absolute Gasteiger partial charge is 0.323 e. The van der Waals surface area contributed by atoms with Crippen LogP contribution in [0.2, 0.25) is 0 Å². The predicted molar refractivity (Wildman–Crippen MR) is 87.4 cm³/mol. The molecule has 5 heteroatoms. The van der Waals surface area contributed by atoms with Gasteiger partial charge in [0.15, 0.2) is 0 Å². The van der Waals surface area contributed by atoms with E-state index in [1.54, 1.807) is 0 Å². The summed E-state index contributed by atoms with van der Waals surface area (Å²) >= 11 is 6.98. The maximum absolute atomic E-state index is 11.8. The molecule has 0 radical (unpaired) electrons. The zero-order valence-electron chi connectivity index (χ0n) is 10.4. The minimum atomic E-state index is -0.111. The van der Waals surface area contributed by atoms with E-state index in [1.165, 1.54) is 0 Å². The van der Waals surface area contributed by atoms with E-state index >= 15 is 0 Å². The summed E-state index contributed by atoms with van der Waals surface area (Å²) in [6, 6.07) is 13.8. The fourth-order valence-corrected chi connectivity index (χ4v) is 3.47. The minimum Gasteiger partial charge on any atom is -0.323 e. The first-order valence-corrected chi connectivity index (χ1v) is 7.63. The Kier molecular flexibility index (Phi) is 3.72. The van der Waals surface area contributed by atoms with Crippen molar-refractivity contribution in [1.29, 1.82) is 0 Å². The van der Waals surface area contributed by atoms with Crippen LogP contribution in [-0.4, -0.2) is 18.2 Å². The van der Waals surface area contributed by atoms with E-state index in [0.29, 0.717) is 0 Å². The summed E-state index contributed by atoms with van der Waals surface area (Å²) in [6.07, 6.45) is 0. The van der Waals surface area contributed by atoms with E-state index in [2.05, 4.69) is 42.2 Å². The number of nitrogens with zero attached hydrogens (tertiary/aromatic N) is 1. The average Bonchev–Trinajstić information content (AvgIpc) is 2.59. The monoisotopic (exact) mass is 392 g/mol. The van der Waals surface area contributed by atoms with Gasteiger partial charge in [-0.2, -0.15) is 0 Å². The summed E-state index contributed by atoms with van der Waals surface area (Å²) in [5.74, 6) is -0.111. The number of amides is 1. The smallest absolute Gasteiger partial charge is 0.246 e. The Balaban J connectivity index is 2.24. The Hall–Kier alpha value is -1.46. The van der Waals surface area contributed by atoms with E-state index in [-0.39, 0.29) is 12.5 Å². The number of hydrogen-bond acceptors (Lipinski definition) is 2. The second-order valence-corrected chi connectivity index (χ2v) is 6.16. The first-order valence-electron chi connectivity index (χ1n) is 6.04. The maximum Gasteiger partial charge on any atom is 0.246 e. The molecular formula is C15H10Br2N2O. The Bertz CT molecular complexity index is 711. The van der Waals surface area contributed by atoms with Crippen LogP contribution in [0, 0.1) is 0 Å². The van der Waals surface area contributed by atoms with E-state index in [4.69, 9.17) is 0 Å². The molecule has 2 aromatic carbocycles. The van der Waals surface area contributed by atoms with Crippen molar-refractivity contribution in [3.8, 4) is 0 Å². The fraction of sp³-hybridized carbons (Fsp3) is 0.0667. The highest BCUT2D eigenvalue weighted by Gasteiger charge is 2.20. The molecule has 1 N–H and O–H groups in total. The number of carbonyl (C=O) groups is 1. The number of fused-ring (bicyclic) bond motifs is 1. The lowest BCUT2D eigenvalue weighted by Gasteiger charge is -2.12. The highest BCUT2D eigenvalue weighted by Crippen LogP contribution is 2.33. The predicted octanol–water partition coefficient (Wildman–Crippen LogP) is 4.00. The third-order valence-electron chi connectivity index (χ3n) is 3.00. The summed E-state index contributed by atoms with van der Waals surface area (Å²) in [4.78, 5) is 16.3. The van der Waals surface area contributed by atoms with Gasteiger partial charge in [-0.05, 0) is 28.1 Å². The van der Waals surface area contributed by atoms with Crippen molar-refractivity contribution >= 4 is 49.2 Å². The van der Waals surface area contributed by atoms with Gasteiger partial charge in [0.2, 0.25) is 5.91 Å². The summed E-state index contributed by atoms with van der Waals surface area (Å²) in [5, 5.41) is 2.90. The summed E-state index contributed by atoms with van der Waals surface area (Å²) < 4.78 is 1.77. The molecule has 0 saturated heterocycles. The van der Waals surface area contributed by atoms with Crippen LogP contribution in [0.3, 0.4) is 0 Å². The molecule has 0 bridgehead atoms. The number of anilines is 1. The van der Waals surface area contributed by atoms with Crippen LogP contribution in [0.1, 0.15) is 11.1 Å².